The van der Waals surface area contributed by atoms with Crippen molar-refractivity contribution in [2.75, 3.05) is 0 Å². The molecular weight excluding hydrogens is 605 g/mol. The molecule has 0 saturated carbocycles. The van der Waals surface area contributed by atoms with E-state index in [1.165, 1.54) is 19.9 Å². The number of aromatic nitrogens is 4. The van der Waals surface area contributed by atoms with Crippen LogP contribution in [0.15, 0.2) is 90.7 Å². The molecule has 0 fully saturated rings. The minimum atomic E-state index is -0.125. The van der Waals surface area contributed by atoms with Gasteiger partial charge in [0.05, 0.1) is 5.76 Å². The van der Waals surface area contributed by atoms with Crippen molar-refractivity contribution >= 4 is 27.3 Å². The maximum atomic E-state index is 10.0. The first-order valence-electron chi connectivity index (χ1n) is 10.4. The molecule has 1 radical (unpaired) electrons. The number of hydrogen-bond acceptors (Lipinski definition) is 6. The maximum Gasteiger partial charge on any atom is 0.202 e. The number of aliphatic hydroxyl groups excluding tert-OH is 1. The van der Waals surface area contributed by atoms with Gasteiger partial charge in [-0.2, -0.15) is 10.2 Å². The molecule has 0 atom stereocenters. The van der Waals surface area contributed by atoms with Gasteiger partial charge in [-0.15, -0.1) is 33.8 Å². The smallest absolute Gasteiger partial charge is 0.202 e. The molecular formula is C27H21IrN4O2-. The molecule has 0 bridgehead atoms. The summed E-state index contributed by atoms with van der Waals surface area (Å²) in [6.45, 7) is 2.85. The van der Waals surface area contributed by atoms with Gasteiger partial charge in [0.25, 0.3) is 0 Å². The number of fused-ring (bicyclic) bond motifs is 2. The number of hydrogen-bond donors (Lipinski definition) is 1. The summed E-state index contributed by atoms with van der Waals surface area (Å²) in [4.78, 5) is 10.0. The van der Waals surface area contributed by atoms with Crippen molar-refractivity contribution in [1.82, 2.24) is 20.4 Å². The molecule has 4 aromatic carbocycles. The predicted octanol–water partition coefficient (Wildman–Crippen LogP) is 5.74. The van der Waals surface area contributed by atoms with Crippen LogP contribution in [-0.2, 0) is 24.9 Å². The Morgan fingerprint density at radius 2 is 1.32 bits per heavy atom. The van der Waals surface area contributed by atoms with Gasteiger partial charge in [0.1, 0.15) is 5.82 Å². The molecule has 5 aromatic rings. The Hall–Kier alpha value is -3.80. The van der Waals surface area contributed by atoms with Gasteiger partial charge in [0.15, 0.2) is 5.78 Å². The monoisotopic (exact) mass is 626 g/mol. The summed E-state index contributed by atoms with van der Waals surface area (Å²) < 4.78 is 0. The fraction of sp³-hybridized carbons (Fsp3) is 0.0741. The number of nitrogens with zero attached hydrogens (tertiary/aromatic N) is 4. The third-order valence-corrected chi connectivity index (χ3v) is 4.87. The molecule has 0 aliphatic carbocycles. The van der Waals surface area contributed by atoms with Crippen molar-refractivity contribution in [2.45, 2.75) is 13.8 Å². The Kier molecular flexibility index (Phi) is 8.30. The number of benzene rings is 4. The van der Waals surface area contributed by atoms with Crippen LogP contribution in [0.25, 0.3) is 44.3 Å². The molecule has 5 rings (SSSR count). The topological polar surface area (TPSA) is 88.9 Å². The summed E-state index contributed by atoms with van der Waals surface area (Å²) in [7, 11) is 0. The van der Waals surface area contributed by atoms with Crippen molar-refractivity contribution in [2.24, 2.45) is 0 Å². The van der Waals surface area contributed by atoms with Gasteiger partial charge in [-0.05, 0) is 24.6 Å². The van der Waals surface area contributed by atoms with Gasteiger partial charge in [-0.25, -0.2) is 0 Å². The van der Waals surface area contributed by atoms with E-state index in [0.29, 0.717) is 11.6 Å². The summed E-state index contributed by atoms with van der Waals surface area (Å²) in [5, 5.41) is 30.1. The van der Waals surface area contributed by atoms with Crippen LogP contribution in [-0.4, -0.2) is 31.3 Å². The molecule has 0 amide bonds. The first-order valence-corrected chi connectivity index (χ1v) is 10.4. The molecule has 7 heteroatoms. The van der Waals surface area contributed by atoms with Crippen molar-refractivity contribution in [3.63, 3.8) is 0 Å². The second-order valence-corrected chi connectivity index (χ2v) is 7.41. The molecule has 1 heterocycles. The number of carbonyl (C=O) groups excluding carboxylic acids is 1. The van der Waals surface area contributed by atoms with E-state index in [4.69, 9.17) is 5.11 Å². The van der Waals surface area contributed by atoms with Crippen LogP contribution in [0.1, 0.15) is 13.8 Å². The van der Waals surface area contributed by atoms with Crippen LogP contribution in [0.3, 0.4) is 0 Å². The molecule has 1 N–H and O–H groups in total. The van der Waals surface area contributed by atoms with E-state index in [9.17, 15) is 4.79 Å². The van der Waals surface area contributed by atoms with Crippen LogP contribution in [0, 0.1) is 6.07 Å². The van der Waals surface area contributed by atoms with Crippen LogP contribution in [0.4, 0.5) is 0 Å². The molecule has 0 aliphatic rings. The van der Waals surface area contributed by atoms with E-state index in [-0.39, 0.29) is 31.6 Å². The van der Waals surface area contributed by atoms with Crippen LogP contribution >= 0.6 is 0 Å². The third-order valence-electron chi connectivity index (χ3n) is 4.87. The fourth-order valence-electron chi connectivity index (χ4n) is 3.50. The number of aliphatic hydroxyl groups is 1. The Balaban J connectivity index is 0.000000357. The number of ketones is 1. The minimum Gasteiger partial charge on any atom is -0.512 e. The first-order chi connectivity index (χ1) is 16.0. The van der Waals surface area contributed by atoms with Gasteiger partial charge in [-0.1, -0.05) is 77.7 Å². The molecule has 6 nitrogen and oxygen atoms in total. The molecule has 0 spiro atoms. The van der Waals surface area contributed by atoms with Gasteiger partial charge < -0.3 is 5.11 Å². The molecule has 34 heavy (non-hydrogen) atoms. The predicted molar refractivity (Wildman–Crippen MR) is 129 cm³/mol. The van der Waals surface area contributed by atoms with Crippen molar-refractivity contribution in [3.8, 4) is 22.8 Å². The van der Waals surface area contributed by atoms with E-state index >= 15 is 0 Å². The standard InChI is InChI=1S/C22H13N4.C5H8O2.Ir/c1-3-11-17-15(7-1)9-5-13-19(17)21-23-25-22(26-24-21)20-14-6-10-16-8-2-4-12-18(16)20;1-4(6)3-5(2)7;/h1-13H;3,6H,1-2H3;/q-1;;/b;4-3-;. The second-order valence-electron chi connectivity index (χ2n) is 7.41. The number of rotatable bonds is 3. The Morgan fingerprint density at radius 3 is 1.94 bits per heavy atom. The largest absolute Gasteiger partial charge is 0.512 e. The number of allylic oxidation sites excluding steroid dienone is 2. The van der Waals surface area contributed by atoms with E-state index in [2.05, 4.69) is 50.7 Å². The summed E-state index contributed by atoms with van der Waals surface area (Å²) in [5.74, 6) is 0.934. The van der Waals surface area contributed by atoms with Gasteiger partial charge in [0.2, 0.25) is 5.82 Å². The molecule has 0 saturated heterocycles. The zero-order valence-corrected chi connectivity index (χ0v) is 21.0. The van der Waals surface area contributed by atoms with Crippen LogP contribution < -0.4 is 0 Å². The summed E-state index contributed by atoms with van der Waals surface area (Å²) in [6.07, 6.45) is 1.17. The maximum absolute atomic E-state index is 10.0. The SMILES string of the molecule is CC(=O)/C=C(/C)O.[Ir].[c-]1ccc2ccccc2c1-c1nnc(-c2cccc3ccccc23)nn1. The molecule has 0 aliphatic heterocycles. The van der Waals surface area contributed by atoms with Crippen LogP contribution in [0.5, 0.6) is 0 Å². The fourth-order valence-corrected chi connectivity index (χ4v) is 3.50. The Morgan fingerprint density at radius 1 is 0.765 bits per heavy atom. The average molecular weight is 626 g/mol. The minimum absolute atomic E-state index is 0. The van der Waals surface area contributed by atoms with Crippen molar-refractivity contribution in [3.05, 3.63) is 96.8 Å². The van der Waals surface area contributed by atoms with Crippen LogP contribution in [0.2, 0.25) is 0 Å². The zero-order valence-electron chi connectivity index (χ0n) is 18.6. The molecule has 1 aromatic heterocycles. The summed E-state index contributed by atoms with van der Waals surface area (Å²) in [6, 6.07) is 29.4. The van der Waals surface area contributed by atoms with Crippen molar-refractivity contribution in [1.29, 1.82) is 0 Å². The van der Waals surface area contributed by atoms with E-state index in [1.807, 2.05) is 54.6 Å². The Labute approximate surface area is 210 Å². The van der Waals surface area contributed by atoms with E-state index in [1.54, 1.807) is 0 Å². The summed E-state index contributed by atoms with van der Waals surface area (Å²) in [5.41, 5.74) is 1.74. The zero-order chi connectivity index (χ0) is 23.2. The average Bonchev–Trinajstić information content (AvgIpc) is 2.83. The van der Waals surface area contributed by atoms with E-state index < -0.39 is 0 Å². The molecule has 0 unspecified atom stereocenters. The van der Waals surface area contributed by atoms with Gasteiger partial charge in [0, 0.05) is 31.7 Å². The van der Waals surface area contributed by atoms with Crippen molar-refractivity contribution < 1.29 is 30.0 Å². The van der Waals surface area contributed by atoms with Gasteiger partial charge >= 0.3 is 0 Å². The third kappa shape index (κ3) is 5.76. The molecule has 171 valence electrons. The quantitative estimate of drug-likeness (QED) is 0.156. The Bertz CT molecular complexity index is 1350. The van der Waals surface area contributed by atoms with Gasteiger partial charge in [-0.3, -0.25) is 4.79 Å². The summed E-state index contributed by atoms with van der Waals surface area (Å²) >= 11 is 0. The second kappa shape index (κ2) is 11.4. The van der Waals surface area contributed by atoms with E-state index in [0.717, 1.165) is 32.7 Å². The first kappa shape index (κ1) is 24.8. The number of carbonyl (C=O) groups is 1. The normalized spacial score (nSPS) is 10.8.